The molecule has 0 aliphatic rings. The number of hydrogen-bond donors (Lipinski definition) is 2. The zero-order valence-electron chi connectivity index (χ0n) is 6.76. The van der Waals surface area contributed by atoms with Crippen LogP contribution in [0.2, 0.25) is 0 Å². The highest BCUT2D eigenvalue weighted by atomic mass is 16.3. The standard InChI is InChI=1S/C7H13N2O3/c1-8-6(4-10)3-7(12)9(2)5-11/h5-7,10,12H,1-4H2/q+1. The first-order chi connectivity index (χ1) is 5.65. The molecule has 0 aromatic rings. The molecule has 0 aliphatic carbocycles. The van der Waals surface area contributed by atoms with Crippen LogP contribution in [0.25, 0.3) is 0 Å². The van der Waals surface area contributed by atoms with Crippen molar-refractivity contribution in [1.82, 2.24) is 0 Å². The van der Waals surface area contributed by atoms with Crippen molar-refractivity contribution < 1.29 is 19.6 Å². The largest absolute Gasteiger partial charge is 0.394 e. The van der Waals surface area contributed by atoms with Crippen LogP contribution in [-0.2, 0) is 4.79 Å². The molecule has 0 bridgehead atoms. The van der Waals surface area contributed by atoms with Crippen molar-refractivity contribution in [3.63, 3.8) is 0 Å². The van der Waals surface area contributed by atoms with Crippen LogP contribution < -0.4 is 0 Å². The highest BCUT2D eigenvalue weighted by molar-refractivity contribution is 5.40. The fourth-order valence-electron chi connectivity index (χ4n) is 0.656. The smallest absolute Gasteiger partial charge is 0.376 e. The summed E-state index contributed by atoms with van der Waals surface area (Å²) in [4.78, 5) is 13.6. The van der Waals surface area contributed by atoms with Crippen LogP contribution in [0.4, 0.5) is 0 Å². The van der Waals surface area contributed by atoms with Crippen molar-refractivity contribution in [2.24, 2.45) is 4.99 Å². The fraction of sp³-hybridized carbons (Fsp3) is 0.571. The van der Waals surface area contributed by atoms with Crippen LogP contribution >= 0.6 is 0 Å². The van der Waals surface area contributed by atoms with Crippen LogP contribution in [0.15, 0.2) is 4.99 Å². The van der Waals surface area contributed by atoms with Gasteiger partial charge in [-0.3, -0.25) is 4.99 Å². The summed E-state index contributed by atoms with van der Waals surface area (Å²) in [6, 6.07) is -0.454. The number of amides is 1. The van der Waals surface area contributed by atoms with Crippen LogP contribution in [0.5, 0.6) is 0 Å². The molecule has 5 nitrogen and oxygen atoms in total. The quantitative estimate of drug-likeness (QED) is 0.225. The van der Waals surface area contributed by atoms with E-state index in [0.717, 1.165) is 4.58 Å². The van der Waals surface area contributed by atoms with Crippen molar-refractivity contribution in [2.45, 2.75) is 18.7 Å². The number of aliphatic hydroxyl groups excluding tert-OH is 2. The lowest BCUT2D eigenvalue weighted by molar-refractivity contribution is -0.519. The summed E-state index contributed by atoms with van der Waals surface area (Å²) in [5, 5.41) is 17.8. The molecule has 0 saturated carbocycles. The molecule has 0 aromatic carbocycles. The second kappa shape index (κ2) is 5.56. The normalized spacial score (nSPS) is 14.8. The molecule has 5 heteroatoms. The Morgan fingerprint density at radius 1 is 1.67 bits per heavy atom. The maximum Gasteiger partial charge on any atom is 0.376 e. The third kappa shape index (κ3) is 3.36. The summed E-state index contributed by atoms with van der Waals surface area (Å²) in [6.07, 6.45) is -0.477. The minimum Gasteiger partial charge on any atom is -0.394 e. The van der Waals surface area contributed by atoms with Crippen LogP contribution in [0.1, 0.15) is 6.42 Å². The first-order valence-electron chi connectivity index (χ1n) is 3.44. The van der Waals surface area contributed by atoms with E-state index in [2.05, 4.69) is 18.4 Å². The molecule has 0 aromatic heterocycles. The molecule has 1 amide bonds. The van der Waals surface area contributed by atoms with E-state index in [-0.39, 0.29) is 13.0 Å². The topological polar surface area (TPSA) is 72.9 Å². The lowest BCUT2D eigenvalue weighted by Gasteiger charge is -2.09. The summed E-state index contributed by atoms with van der Waals surface area (Å²) in [5.41, 5.74) is 0. The van der Waals surface area contributed by atoms with E-state index in [1.54, 1.807) is 0 Å². The zero-order valence-corrected chi connectivity index (χ0v) is 6.76. The molecule has 12 heavy (non-hydrogen) atoms. The Morgan fingerprint density at radius 2 is 2.25 bits per heavy atom. The Bertz CT molecular complexity index is 181. The Kier molecular flexibility index (Phi) is 5.07. The maximum atomic E-state index is 10.1. The van der Waals surface area contributed by atoms with Gasteiger partial charge in [0.25, 0.3) is 6.23 Å². The van der Waals surface area contributed by atoms with Crippen molar-refractivity contribution in [1.29, 1.82) is 0 Å². The summed E-state index contributed by atoms with van der Waals surface area (Å²) >= 11 is 0. The molecule has 0 heterocycles. The molecule has 68 valence electrons. The van der Waals surface area contributed by atoms with Crippen molar-refractivity contribution in [2.75, 3.05) is 6.61 Å². The second-order valence-electron chi connectivity index (χ2n) is 2.35. The van der Waals surface area contributed by atoms with Gasteiger partial charge >= 0.3 is 6.41 Å². The summed E-state index contributed by atoms with van der Waals surface area (Å²) in [5.74, 6) is 0. The molecule has 0 radical (unpaired) electrons. The summed E-state index contributed by atoms with van der Waals surface area (Å²) in [6.45, 7) is 6.27. The molecular weight excluding hydrogens is 160 g/mol. The van der Waals surface area contributed by atoms with Crippen molar-refractivity contribution >= 4 is 19.8 Å². The van der Waals surface area contributed by atoms with Crippen molar-refractivity contribution in [3.05, 3.63) is 0 Å². The average Bonchev–Trinajstić information content (AvgIpc) is 2.12. The van der Waals surface area contributed by atoms with Gasteiger partial charge in [-0.1, -0.05) is 0 Å². The molecule has 0 aliphatic heterocycles. The van der Waals surface area contributed by atoms with Gasteiger partial charge in [0.15, 0.2) is 0 Å². The Morgan fingerprint density at radius 3 is 2.58 bits per heavy atom. The number of nitrogens with zero attached hydrogens (tertiary/aromatic N) is 2. The van der Waals surface area contributed by atoms with E-state index in [0.29, 0.717) is 6.41 Å². The van der Waals surface area contributed by atoms with Gasteiger partial charge in [-0.05, 0) is 6.72 Å². The van der Waals surface area contributed by atoms with Crippen molar-refractivity contribution in [3.8, 4) is 0 Å². The van der Waals surface area contributed by atoms with E-state index < -0.39 is 12.3 Å². The molecule has 2 N–H and O–H groups in total. The average molecular weight is 173 g/mol. The molecular formula is C7H13N2O3+. The number of carbonyl (C=O) groups is 1. The lowest BCUT2D eigenvalue weighted by atomic mass is 10.2. The van der Waals surface area contributed by atoms with Gasteiger partial charge in [0.2, 0.25) is 0 Å². The predicted molar refractivity (Wildman–Crippen MR) is 44.5 cm³/mol. The summed E-state index contributed by atoms with van der Waals surface area (Å²) < 4.78 is 0.855. The number of aliphatic imine (C=N–C) groups is 1. The van der Waals surface area contributed by atoms with Gasteiger partial charge in [0.1, 0.15) is 6.72 Å². The molecule has 0 saturated heterocycles. The van der Waals surface area contributed by atoms with Gasteiger partial charge in [-0.15, -0.1) is 4.58 Å². The highest BCUT2D eigenvalue weighted by Crippen LogP contribution is 2.00. The van der Waals surface area contributed by atoms with Gasteiger partial charge in [-0.2, -0.15) is 0 Å². The third-order valence-electron chi connectivity index (χ3n) is 1.47. The molecule has 2 atom stereocenters. The first kappa shape index (κ1) is 10.9. The third-order valence-corrected chi connectivity index (χ3v) is 1.47. The fourth-order valence-corrected chi connectivity index (χ4v) is 0.656. The Balaban J connectivity index is 3.96. The van der Waals surface area contributed by atoms with Gasteiger partial charge in [-0.25, -0.2) is 4.79 Å². The minimum absolute atomic E-state index is 0.141. The van der Waals surface area contributed by atoms with Gasteiger partial charge < -0.3 is 10.2 Å². The number of aliphatic hydroxyl groups is 2. The van der Waals surface area contributed by atoms with E-state index >= 15 is 0 Å². The predicted octanol–water partition coefficient (Wildman–Crippen LogP) is -1.37. The van der Waals surface area contributed by atoms with Crippen LogP contribution in [-0.4, -0.2) is 53.5 Å². The Hall–Kier alpha value is -1.07. The van der Waals surface area contributed by atoms with Gasteiger partial charge in [0, 0.05) is 0 Å². The maximum absolute atomic E-state index is 10.1. The van der Waals surface area contributed by atoms with Crippen LogP contribution in [0, 0.1) is 0 Å². The number of hydrogen-bond acceptors (Lipinski definition) is 4. The van der Waals surface area contributed by atoms with E-state index in [4.69, 9.17) is 5.11 Å². The monoisotopic (exact) mass is 173 g/mol. The first-order valence-corrected chi connectivity index (χ1v) is 3.44. The minimum atomic E-state index is -1.02. The van der Waals surface area contributed by atoms with E-state index in [1.807, 2.05) is 0 Å². The second-order valence-corrected chi connectivity index (χ2v) is 2.35. The van der Waals surface area contributed by atoms with Gasteiger partial charge in [0.05, 0.1) is 19.1 Å². The molecule has 2 unspecified atom stereocenters. The number of carbonyl (C=O) groups excluding carboxylic acids is 1. The summed E-state index contributed by atoms with van der Waals surface area (Å²) in [7, 11) is 0. The molecule has 0 fully saturated rings. The van der Waals surface area contributed by atoms with E-state index in [1.165, 1.54) is 0 Å². The molecule has 0 spiro atoms. The van der Waals surface area contributed by atoms with Crippen LogP contribution in [0.3, 0.4) is 0 Å². The highest BCUT2D eigenvalue weighted by Gasteiger charge is 2.19. The Labute approximate surface area is 70.7 Å². The molecule has 0 rings (SSSR count). The zero-order chi connectivity index (χ0) is 9.56. The lowest BCUT2D eigenvalue weighted by Crippen LogP contribution is -2.29. The number of rotatable bonds is 6. The van der Waals surface area contributed by atoms with E-state index in [9.17, 15) is 9.90 Å². The SMILES string of the molecule is C=NC(CO)CC(O)[N+](=C)C=O.